The summed E-state index contributed by atoms with van der Waals surface area (Å²) >= 11 is 13.3. The average Bonchev–Trinajstić information content (AvgIpc) is 2.89. The van der Waals surface area contributed by atoms with Crippen molar-refractivity contribution in [1.82, 2.24) is 19.8 Å². The third kappa shape index (κ3) is 6.94. The van der Waals surface area contributed by atoms with E-state index in [4.69, 9.17) is 37.1 Å². The fourth-order valence-electron chi connectivity index (χ4n) is 4.46. The van der Waals surface area contributed by atoms with E-state index >= 15 is 0 Å². The van der Waals surface area contributed by atoms with Crippen molar-refractivity contribution in [2.24, 2.45) is 0 Å². The van der Waals surface area contributed by atoms with Gasteiger partial charge < -0.3 is 19.4 Å². The highest BCUT2D eigenvalue weighted by Gasteiger charge is 2.30. The summed E-state index contributed by atoms with van der Waals surface area (Å²) in [6.07, 6.45) is 1.40. The van der Waals surface area contributed by atoms with Crippen molar-refractivity contribution in [3.63, 3.8) is 0 Å². The summed E-state index contributed by atoms with van der Waals surface area (Å²) < 4.78 is 36.3. The second-order valence-electron chi connectivity index (χ2n) is 9.51. The number of alkyl halides is 1. The first kappa shape index (κ1) is 29.4. The molecule has 0 bridgehead atoms. The zero-order chi connectivity index (χ0) is 28.3. The molecule has 212 valence electrons. The number of ether oxygens (including phenoxy) is 1. The van der Waals surface area contributed by atoms with Gasteiger partial charge in [0.2, 0.25) is 0 Å². The second kappa shape index (κ2) is 12.3. The van der Waals surface area contributed by atoms with Crippen molar-refractivity contribution in [2.45, 2.75) is 24.8 Å². The lowest BCUT2D eigenvalue weighted by Crippen LogP contribution is -2.43. The summed E-state index contributed by atoms with van der Waals surface area (Å²) in [6.45, 7) is 3.79. The number of carbonyl (C=O) groups is 1. The van der Waals surface area contributed by atoms with Crippen LogP contribution in [0.3, 0.4) is 0 Å². The topological polar surface area (TPSA) is 140 Å². The van der Waals surface area contributed by atoms with E-state index in [9.17, 15) is 13.8 Å². The highest BCUT2D eigenvalue weighted by Crippen LogP contribution is 2.34. The number of nitrogens with zero attached hydrogens (tertiary/aromatic N) is 2. The average molecular weight is 600 g/mol. The highest BCUT2D eigenvalue weighted by atomic mass is 35.5. The van der Waals surface area contributed by atoms with Gasteiger partial charge in [0, 0.05) is 70.4 Å². The minimum absolute atomic E-state index is 0.156. The summed E-state index contributed by atoms with van der Waals surface area (Å²) in [7, 11) is 1.25. The summed E-state index contributed by atoms with van der Waals surface area (Å²) in [5.74, 6) is 0.536. The largest absolute Gasteiger partial charge is 0.423 e. The number of hydrogen-bond donors (Lipinski definition) is 4. The van der Waals surface area contributed by atoms with Crippen LogP contribution < -0.4 is 20.4 Å². The number of carbonyl (C=O) groups excluding carboxylic acids is 1. The van der Waals surface area contributed by atoms with Gasteiger partial charge in [0.15, 0.2) is 10.1 Å². The molecule has 1 aliphatic carbocycles. The number of allylic oxidation sites excluding steroid dienone is 1. The number of amides is 1. The highest BCUT2D eigenvalue weighted by molar-refractivity contribution is 7.91. The molecule has 11 nitrogen and oxygen atoms in total. The zero-order valence-corrected chi connectivity index (χ0v) is 24.3. The molecule has 2 aliphatic rings. The van der Waals surface area contributed by atoms with Crippen LogP contribution in [0.5, 0.6) is 0 Å². The molecule has 0 saturated carbocycles. The molecule has 1 saturated heterocycles. The maximum absolute atomic E-state index is 13.4. The Balaban J connectivity index is 1.78. The van der Waals surface area contributed by atoms with Crippen LogP contribution in [0.2, 0.25) is 5.02 Å². The van der Waals surface area contributed by atoms with Crippen LogP contribution in [0.25, 0.3) is 6.08 Å². The van der Waals surface area contributed by atoms with Crippen LogP contribution in [0.1, 0.15) is 28.0 Å². The van der Waals surface area contributed by atoms with Crippen LogP contribution in [0, 0.1) is 4.78 Å². The normalized spacial score (nSPS) is 19.0. The lowest BCUT2D eigenvalue weighted by atomic mass is 9.91. The lowest BCUT2D eigenvalue weighted by molar-refractivity contribution is 0.144. The molecule has 1 amide bonds. The van der Waals surface area contributed by atoms with Gasteiger partial charge in [-0.15, -0.1) is 11.6 Å². The Kier molecular flexibility index (Phi) is 9.25. The molecular weight excluding hydrogens is 567 g/mol. The number of nitrogens with one attached hydrogen (secondary N) is 4. The lowest BCUT2D eigenvalue weighted by Gasteiger charge is -2.30. The van der Waals surface area contributed by atoms with Gasteiger partial charge in [0.25, 0.3) is 0 Å². The first-order valence-corrected chi connectivity index (χ1v) is 14.7. The van der Waals surface area contributed by atoms with Gasteiger partial charge in [-0.3, -0.25) is 9.62 Å². The van der Waals surface area contributed by atoms with E-state index in [2.05, 4.69) is 19.7 Å². The van der Waals surface area contributed by atoms with E-state index in [1.165, 1.54) is 18.0 Å². The van der Waals surface area contributed by atoms with E-state index < -0.39 is 27.2 Å². The summed E-state index contributed by atoms with van der Waals surface area (Å²) in [5, 5.41) is 2.96. The van der Waals surface area contributed by atoms with Gasteiger partial charge >= 0.3 is 11.7 Å². The van der Waals surface area contributed by atoms with E-state index in [1.807, 2.05) is 0 Å². The molecule has 0 radical (unpaired) electrons. The van der Waals surface area contributed by atoms with Crippen molar-refractivity contribution in [1.29, 1.82) is 4.78 Å². The van der Waals surface area contributed by atoms with Gasteiger partial charge in [0.1, 0.15) is 11.5 Å². The Morgan fingerprint density at radius 1 is 1.31 bits per heavy atom. The smallest absolute Gasteiger partial charge is 0.414 e. The molecule has 0 spiro atoms. The Hall–Kier alpha value is -2.61. The number of halogens is 2. The number of piperazine rings is 1. The summed E-state index contributed by atoms with van der Waals surface area (Å²) in [6, 6.07) is 5.11. The molecule has 4 N–H and O–H groups in total. The Morgan fingerprint density at radius 2 is 2.03 bits per heavy atom. The molecule has 1 fully saturated rings. The van der Waals surface area contributed by atoms with Crippen LogP contribution in [0.15, 0.2) is 33.2 Å². The molecular formula is C25H32Cl2N6O5S. The Morgan fingerprint density at radius 3 is 2.69 bits per heavy atom. The van der Waals surface area contributed by atoms with Crippen molar-refractivity contribution in [3.8, 4) is 0 Å². The summed E-state index contributed by atoms with van der Waals surface area (Å²) in [4.78, 5) is 29.1. The fraction of sp³-hybridized carbons (Fsp3) is 0.440. The molecule has 2 unspecified atom stereocenters. The molecule has 2 heterocycles. The molecule has 39 heavy (non-hydrogen) atoms. The number of benzene rings is 1. The fourth-order valence-corrected chi connectivity index (χ4v) is 5.60. The minimum Gasteiger partial charge on any atom is -0.423 e. The van der Waals surface area contributed by atoms with Crippen LogP contribution in [-0.4, -0.2) is 72.8 Å². The van der Waals surface area contributed by atoms with E-state index in [0.717, 1.165) is 37.3 Å². The number of fused-ring (bicyclic) bond motifs is 1. The predicted octanol–water partition coefficient (Wildman–Crippen LogP) is 3.00. The van der Waals surface area contributed by atoms with Crippen molar-refractivity contribution >= 4 is 51.2 Å². The van der Waals surface area contributed by atoms with Crippen molar-refractivity contribution < 1.29 is 18.2 Å². The Bertz CT molecular complexity index is 1440. The predicted molar refractivity (Wildman–Crippen MR) is 152 cm³/mol. The molecule has 1 aromatic carbocycles. The SMILES string of the molecule is CNS(=N)(=O)Nc1cccc(Cc2c(CN3CCNCC3)c3c(oc2=O)C=C(OC(=O)N(C)C)C(Cl)C3)c1Cl. The molecule has 1 aliphatic heterocycles. The first-order valence-electron chi connectivity index (χ1n) is 12.4. The molecule has 14 heteroatoms. The van der Waals surface area contributed by atoms with Crippen LogP contribution in [0.4, 0.5) is 10.5 Å². The Labute approximate surface area is 237 Å². The van der Waals surface area contributed by atoms with Crippen molar-refractivity contribution in [3.05, 3.63) is 67.4 Å². The van der Waals surface area contributed by atoms with Gasteiger partial charge in [-0.2, -0.15) is 0 Å². The van der Waals surface area contributed by atoms with Gasteiger partial charge in [-0.1, -0.05) is 23.7 Å². The minimum atomic E-state index is -3.30. The van der Waals surface area contributed by atoms with Crippen LogP contribution >= 0.6 is 23.2 Å². The monoisotopic (exact) mass is 598 g/mol. The number of rotatable bonds is 8. The maximum Gasteiger partial charge on any atom is 0.414 e. The number of anilines is 1. The van der Waals surface area contributed by atoms with Crippen LogP contribution in [-0.2, 0) is 34.2 Å². The molecule has 2 aromatic rings. The van der Waals surface area contributed by atoms with E-state index in [1.54, 1.807) is 32.3 Å². The third-order valence-electron chi connectivity index (χ3n) is 6.59. The van der Waals surface area contributed by atoms with Gasteiger partial charge in [0.05, 0.1) is 16.1 Å². The molecule has 4 rings (SSSR count). The third-order valence-corrected chi connectivity index (χ3v) is 8.49. The molecule has 2 atom stereocenters. The summed E-state index contributed by atoms with van der Waals surface area (Å²) in [5.41, 5.74) is 2.41. The van der Waals surface area contributed by atoms with E-state index in [0.29, 0.717) is 35.5 Å². The first-order chi connectivity index (χ1) is 18.5. The number of hydrogen-bond acceptors (Lipinski definition) is 8. The zero-order valence-electron chi connectivity index (χ0n) is 21.9. The van der Waals surface area contributed by atoms with Gasteiger partial charge in [-0.05, 0) is 30.7 Å². The van der Waals surface area contributed by atoms with Crippen molar-refractivity contribution in [2.75, 3.05) is 52.0 Å². The van der Waals surface area contributed by atoms with E-state index in [-0.39, 0.29) is 17.2 Å². The standard InChI is InChI=1S/C25H32Cl2N6O5S/c1-29-39(28,36)31-20-6-4-5-15(23(20)27)11-17-18(14-33-9-7-30-8-10-33)16-12-19(26)22(38-25(35)32(2)3)13-21(16)37-24(17)34/h4-6,13,19,30H,7-12,14H2,1-3H3,(H3,28,29,31,36). The van der Waals surface area contributed by atoms with Gasteiger partial charge in [-0.25, -0.2) is 23.3 Å². The molecule has 1 aromatic heterocycles. The maximum atomic E-state index is 13.4. The second-order valence-corrected chi connectivity index (χ2v) is 12.1. The quantitative estimate of drug-likeness (QED) is 0.342.